The van der Waals surface area contributed by atoms with E-state index in [-0.39, 0.29) is 22.2 Å². The van der Waals surface area contributed by atoms with Crippen molar-refractivity contribution in [1.29, 1.82) is 0 Å². The summed E-state index contributed by atoms with van der Waals surface area (Å²) in [5.74, 6) is 0.431. The lowest BCUT2D eigenvalue weighted by Crippen LogP contribution is -2.40. The molecule has 3 aliphatic rings. The topological polar surface area (TPSA) is 104 Å². The van der Waals surface area contributed by atoms with Crippen molar-refractivity contribution in [2.75, 3.05) is 32.9 Å². The van der Waals surface area contributed by atoms with E-state index in [1.807, 2.05) is 6.07 Å². The first-order valence-corrected chi connectivity index (χ1v) is 13.3. The molecule has 0 spiro atoms. The van der Waals surface area contributed by atoms with Crippen molar-refractivity contribution in [3.8, 4) is 11.4 Å². The zero-order valence-corrected chi connectivity index (χ0v) is 19.3. The monoisotopic (exact) mass is 478 g/mol. The SMILES string of the molecule is O=C1OCC[C@H]1Sc1nnc(-c2cccc(S(=O)(=O)N3CCOCC3)c2)n1C1CCCC1. The fourth-order valence-corrected chi connectivity index (χ4v) is 7.01. The van der Waals surface area contributed by atoms with Crippen LogP contribution in [-0.4, -0.2) is 71.6 Å². The summed E-state index contributed by atoms with van der Waals surface area (Å²) in [5.41, 5.74) is 0.708. The Morgan fingerprint density at radius 1 is 1.03 bits per heavy atom. The van der Waals surface area contributed by atoms with Gasteiger partial charge in [0.1, 0.15) is 5.25 Å². The maximum atomic E-state index is 13.2. The van der Waals surface area contributed by atoms with Crippen LogP contribution in [0.15, 0.2) is 34.3 Å². The molecule has 9 nitrogen and oxygen atoms in total. The van der Waals surface area contributed by atoms with Crippen molar-refractivity contribution in [3.05, 3.63) is 24.3 Å². The molecule has 1 atom stereocenters. The largest absolute Gasteiger partial charge is 0.465 e. The third-order valence-corrected chi connectivity index (χ3v) is 9.29. The highest BCUT2D eigenvalue weighted by atomic mass is 32.2. The van der Waals surface area contributed by atoms with Crippen molar-refractivity contribution < 1.29 is 22.7 Å². The Morgan fingerprint density at radius 3 is 2.53 bits per heavy atom. The number of thioether (sulfide) groups is 1. The van der Waals surface area contributed by atoms with Gasteiger partial charge in [-0.05, 0) is 25.0 Å². The van der Waals surface area contributed by atoms with Crippen LogP contribution in [0.5, 0.6) is 0 Å². The molecule has 5 rings (SSSR count). The summed E-state index contributed by atoms with van der Waals surface area (Å²) in [6.07, 6.45) is 4.94. The molecule has 3 fully saturated rings. The minimum Gasteiger partial charge on any atom is -0.465 e. The van der Waals surface area contributed by atoms with E-state index in [1.54, 1.807) is 18.2 Å². The van der Waals surface area contributed by atoms with Crippen LogP contribution in [0, 0.1) is 0 Å². The normalized spacial score (nSPS) is 23.0. The number of carbonyl (C=O) groups excluding carboxylic acids is 1. The van der Waals surface area contributed by atoms with E-state index in [1.165, 1.54) is 16.1 Å². The lowest BCUT2D eigenvalue weighted by Gasteiger charge is -2.26. The predicted octanol–water partition coefficient (Wildman–Crippen LogP) is 2.49. The van der Waals surface area contributed by atoms with E-state index < -0.39 is 10.0 Å². The lowest BCUT2D eigenvalue weighted by molar-refractivity contribution is -0.137. The van der Waals surface area contributed by atoms with Crippen molar-refractivity contribution in [2.24, 2.45) is 0 Å². The zero-order valence-electron chi connectivity index (χ0n) is 17.7. The van der Waals surface area contributed by atoms with Gasteiger partial charge < -0.3 is 9.47 Å². The summed E-state index contributed by atoms with van der Waals surface area (Å²) in [6, 6.07) is 7.15. The third-order valence-electron chi connectivity index (χ3n) is 6.19. The summed E-state index contributed by atoms with van der Waals surface area (Å²) in [5, 5.41) is 9.27. The standard InChI is InChI=1S/C21H26N4O5S2/c26-20-18(8-11-30-20)31-21-23-22-19(25(21)16-5-1-2-6-16)15-4-3-7-17(14-15)32(27,28)24-9-12-29-13-10-24/h3-4,7,14,16,18H,1-2,5-6,8-13H2/t18-/m1/s1. The molecule has 1 saturated carbocycles. The quantitative estimate of drug-likeness (QED) is 0.584. The van der Waals surface area contributed by atoms with E-state index >= 15 is 0 Å². The number of sulfonamides is 1. The van der Waals surface area contributed by atoms with Gasteiger partial charge >= 0.3 is 5.97 Å². The van der Waals surface area contributed by atoms with E-state index in [4.69, 9.17) is 9.47 Å². The Hall–Kier alpha value is -1.95. The van der Waals surface area contributed by atoms with Gasteiger partial charge in [0.2, 0.25) is 10.0 Å². The van der Waals surface area contributed by atoms with Gasteiger partial charge in [-0.3, -0.25) is 9.36 Å². The molecule has 0 amide bonds. The number of aromatic nitrogens is 3. The Morgan fingerprint density at radius 2 is 1.81 bits per heavy atom. The van der Waals surface area contributed by atoms with Crippen LogP contribution in [0.1, 0.15) is 38.1 Å². The molecule has 172 valence electrons. The van der Waals surface area contributed by atoms with Crippen LogP contribution in [0.3, 0.4) is 0 Å². The summed E-state index contributed by atoms with van der Waals surface area (Å²) in [7, 11) is -3.61. The third kappa shape index (κ3) is 4.18. The fourth-order valence-electron chi connectivity index (χ4n) is 4.49. The molecular weight excluding hydrogens is 452 g/mol. The zero-order chi connectivity index (χ0) is 22.1. The van der Waals surface area contributed by atoms with E-state index in [0.29, 0.717) is 55.9 Å². The molecule has 32 heavy (non-hydrogen) atoms. The molecule has 3 heterocycles. The summed E-state index contributed by atoms with van der Waals surface area (Å²) in [4.78, 5) is 12.3. The summed E-state index contributed by atoms with van der Waals surface area (Å²) in [6.45, 7) is 1.94. The first-order chi connectivity index (χ1) is 15.5. The molecule has 1 aliphatic carbocycles. The second-order valence-corrected chi connectivity index (χ2v) is 11.3. The minimum absolute atomic E-state index is 0.212. The molecule has 2 aliphatic heterocycles. The molecule has 2 aromatic rings. The highest BCUT2D eigenvalue weighted by molar-refractivity contribution is 8.00. The molecule has 11 heteroatoms. The molecule has 0 N–H and O–H groups in total. The van der Waals surface area contributed by atoms with Crippen molar-refractivity contribution in [2.45, 2.75) is 53.4 Å². The number of nitrogens with zero attached hydrogens (tertiary/aromatic N) is 4. The molecule has 2 saturated heterocycles. The van der Waals surface area contributed by atoms with Gasteiger partial charge in [-0.2, -0.15) is 4.31 Å². The Kier molecular flexibility index (Phi) is 6.24. The number of morpholine rings is 1. The van der Waals surface area contributed by atoms with Crippen LogP contribution in [0.2, 0.25) is 0 Å². The number of rotatable bonds is 6. The molecular formula is C21H26N4O5S2. The van der Waals surface area contributed by atoms with Gasteiger partial charge in [0, 0.05) is 31.1 Å². The highest BCUT2D eigenvalue weighted by Gasteiger charge is 2.33. The first kappa shape index (κ1) is 21.9. The summed E-state index contributed by atoms with van der Waals surface area (Å²) < 4.78 is 40.3. The first-order valence-electron chi connectivity index (χ1n) is 11.0. The number of hydrogen-bond acceptors (Lipinski definition) is 8. The highest BCUT2D eigenvalue weighted by Crippen LogP contribution is 2.39. The van der Waals surface area contributed by atoms with Crippen molar-refractivity contribution in [1.82, 2.24) is 19.1 Å². The smallest absolute Gasteiger partial charge is 0.319 e. The maximum Gasteiger partial charge on any atom is 0.319 e. The summed E-state index contributed by atoms with van der Waals surface area (Å²) >= 11 is 1.40. The number of cyclic esters (lactones) is 1. The van der Waals surface area contributed by atoms with Gasteiger partial charge in [0.25, 0.3) is 0 Å². The number of benzene rings is 1. The average molecular weight is 479 g/mol. The fraction of sp³-hybridized carbons (Fsp3) is 0.571. The van der Waals surface area contributed by atoms with Crippen LogP contribution in [0.25, 0.3) is 11.4 Å². The van der Waals surface area contributed by atoms with Crippen molar-refractivity contribution in [3.63, 3.8) is 0 Å². The Balaban J connectivity index is 1.50. The van der Waals surface area contributed by atoms with Crippen LogP contribution >= 0.6 is 11.8 Å². The Labute approximate surface area is 191 Å². The number of hydrogen-bond donors (Lipinski definition) is 0. The second kappa shape index (κ2) is 9.12. The molecule has 0 bridgehead atoms. The van der Waals surface area contributed by atoms with Crippen LogP contribution in [-0.2, 0) is 24.3 Å². The van der Waals surface area contributed by atoms with Gasteiger partial charge in [-0.25, -0.2) is 8.42 Å². The van der Waals surface area contributed by atoms with E-state index in [2.05, 4.69) is 14.8 Å². The van der Waals surface area contributed by atoms with Crippen molar-refractivity contribution >= 4 is 27.8 Å². The van der Waals surface area contributed by atoms with E-state index in [9.17, 15) is 13.2 Å². The lowest BCUT2D eigenvalue weighted by atomic mass is 10.2. The Bertz CT molecular complexity index is 1090. The minimum atomic E-state index is -3.61. The molecule has 0 unspecified atom stereocenters. The number of carbonyl (C=O) groups is 1. The number of esters is 1. The average Bonchev–Trinajstić information content (AvgIpc) is 3.57. The molecule has 1 aromatic carbocycles. The van der Waals surface area contributed by atoms with Gasteiger partial charge in [0.15, 0.2) is 11.0 Å². The van der Waals surface area contributed by atoms with Crippen LogP contribution < -0.4 is 0 Å². The molecule has 1 aromatic heterocycles. The van der Waals surface area contributed by atoms with Gasteiger partial charge in [-0.15, -0.1) is 10.2 Å². The van der Waals surface area contributed by atoms with Gasteiger partial charge in [0.05, 0.1) is 24.7 Å². The van der Waals surface area contributed by atoms with Gasteiger partial charge in [-0.1, -0.05) is 36.7 Å². The van der Waals surface area contributed by atoms with E-state index in [0.717, 1.165) is 25.7 Å². The maximum absolute atomic E-state index is 13.2. The number of ether oxygens (including phenoxy) is 2. The van der Waals surface area contributed by atoms with Crippen LogP contribution in [0.4, 0.5) is 0 Å². The predicted molar refractivity (Wildman–Crippen MR) is 118 cm³/mol. The molecule has 0 radical (unpaired) electrons. The second-order valence-electron chi connectivity index (χ2n) is 8.22.